The van der Waals surface area contributed by atoms with Crippen LogP contribution in [0.2, 0.25) is 10.3 Å². The molecule has 0 aliphatic carbocycles. The van der Waals surface area contributed by atoms with E-state index in [9.17, 15) is 9.59 Å². The number of ether oxygens (including phenoxy) is 1. The van der Waals surface area contributed by atoms with E-state index in [4.69, 9.17) is 27.9 Å². The molecule has 4 heterocycles. The molecule has 2 saturated heterocycles. The maximum Gasteiger partial charge on any atom is 0.332 e. The summed E-state index contributed by atoms with van der Waals surface area (Å²) in [6.45, 7) is 3.31. The van der Waals surface area contributed by atoms with Gasteiger partial charge in [-0.25, -0.2) is 14.7 Å². The zero-order valence-corrected chi connectivity index (χ0v) is 20.9. The fraction of sp³-hybridized carbons (Fsp3) is 0.385. The Kier molecular flexibility index (Phi) is 6.55. The second-order valence-electron chi connectivity index (χ2n) is 9.30. The number of imide groups is 1. The summed E-state index contributed by atoms with van der Waals surface area (Å²) in [5.41, 5.74) is 0.404. The molecule has 1 aromatic heterocycles. The molecule has 1 aromatic carbocycles. The molecule has 2 fully saturated rings. The number of rotatable bonds is 7. The van der Waals surface area contributed by atoms with Crippen molar-refractivity contribution >= 4 is 47.0 Å². The van der Waals surface area contributed by atoms with Gasteiger partial charge in [0, 0.05) is 25.4 Å². The Bertz CT molecular complexity index is 1180. The quantitative estimate of drug-likeness (QED) is 0.359. The predicted molar refractivity (Wildman–Crippen MR) is 136 cm³/mol. The number of benzene rings is 1. The maximum atomic E-state index is 13.6. The number of carbonyl (C=O) groups is 2. The molecule has 0 radical (unpaired) electrons. The first-order valence-corrected chi connectivity index (χ1v) is 12.5. The van der Waals surface area contributed by atoms with E-state index in [-0.39, 0.29) is 22.2 Å². The van der Waals surface area contributed by atoms with Crippen molar-refractivity contribution in [3.8, 4) is 5.75 Å². The van der Waals surface area contributed by atoms with Gasteiger partial charge in [-0.2, -0.15) is 0 Å². The lowest BCUT2D eigenvalue weighted by Gasteiger charge is -2.28. The van der Waals surface area contributed by atoms with E-state index in [1.807, 2.05) is 36.7 Å². The first-order chi connectivity index (χ1) is 16.9. The second-order valence-corrected chi connectivity index (χ2v) is 10.1. The van der Waals surface area contributed by atoms with Gasteiger partial charge in [-0.1, -0.05) is 48.3 Å². The maximum absolute atomic E-state index is 13.6. The Morgan fingerprint density at radius 1 is 1.14 bits per heavy atom. The topological polar surface area (TPSA) is 75.1 Å². The lowest BCUT2D eigenvalue weighted by atomic mass is 9.88. The van der Waals surface area contributed by atoms with Crippen LogP contribution in [-0.2, 0) is 11.2 Å². The second kappa shape index (κ2) is 9.63. The SMILES string of the molecule is CC1C=NC=CC1CCOc1ccc(CC23CCCN2C(=O)N(c2cc(Cl)nc(Cl)c2)C3=O)cc1. The van der Waals surface area contributed by atoms with Crippen molar-refractivity contribution in [1.82, 2.24) is 9.88 Å². The van der Waals surface area contributed by atoms with Crippen LogP contribution >= 0.6 is 23.2 Å². The first-order valence-electron chi connectivity index (χ1n) is 11.8. The Morgan fingerprint density at radius 2 is 1.89 bits per heavy atom. The lowest BCUT2D eigenvalue weighted by molar-refractivity contribution is -0.123. The van der Waals surface area contributed by atoms with Crippen molar-refractivity contribution < 1.29 is 14.3 Å². The van der Waals surface area contributed by atoms with Gasteiger partial charge in [0.05, 0.1) is 12.3 Å². The van der Waals surface area contributed by atoms with Gasteiger partial charge in [-0.05, 0) is 60.9 Å². The fourth-order valence-corrected chi connectivity index (χ4v) is 5.66. The van der Waals surface area contributed by atoms with E-state index in [1.54, 1.807) is 4.90 Å². The molecule has 3 amide bonds. The van der Waals surface area contributed by atoms with Gasteiger partial charge >= 0.3 is 6.03 Å². The molecular formula is C26H26Cl2N4O3. The van der Waals surface area contributed by atoms with E-state index in [1.165, 1.54) is 17.0 Å². The molecule has 3 atom stereocenters. The summed E-state index contributed by atoms with van der Waals surface area (Å²) in [6, 6.07) is 10.4. The predicted octanol–water partition coefficient (Wildman–Crippen LogP) is 5.55. The van der Waals surface area contributed by atoms with Crippen molar-refractivity contribution in [1.29, 1.82) is 0 Å². The van der Waals surface area contributed by atoms with Crippen molar-refractivity contribution in [2.75, 3.05) is 18.1 Å². The smallest absolute Gasteiger partial charge is 0.332 e. The molecule has 35 heavy (non-hydrogen) atoms. The van der Waals surface area contributed by atoms with Crippen molar-refractivity contribution in [3.05, 3.63) is 64.5 Å². The molecule has 182 valence electrons. The van der Waals surface area contributed by atoms with Gasteiger partial charge in [0.25, 0.3) is 5.91 Å². The number of pyridine rings is 1. The molecule has 3 aliphatic heterocycles. The van der Waals surface area contributed by atoms with Gasteiger partial charge in [0.1, 0.15) is 21.6 Å². The van der Waals surface area contributed by atoms with Gasteiger partial charge in [0.2, 0.25) is 0 Å². The Labute approximate surface area is 214 Å². The normalized spacial score (nSPS) is 25.5. The highest BCUT2D eigenvalue weighted by atomic mass is 35.5. The average Bonchev–Trinajstić information content (AvgIpc) is 3.33. The minimum absolute atomic E-state index is 0.131. The van der Waals surface area contributed by atoms with Crippen molar-refractivity contribution in [3.63, 3.8) is 0 Å². The van der Waals surface area contributed by atoms with Crippen LogP contribution in [-0.4, -0.2) is 46.7 Å². The molecule has 2 aromatic rings. The summed E-state index contributed by atoms with van der Waals surface area (Å²) in [5, 5.41) is 0.263. The van der Waals surface area contributed by atoms with Crippen LogP contribution in [0.25, 0.3) is 0 Å². The zero-order valence-electron chi connectivity index (χ0n) is 19.4. The highest BCUT2D eigenvalue weighted by Gasteiger charge is 2.59. The minimum atomic E-state index is -0.910. The van der Waals surface area contributed by atoms with Gasteiger partial charge in [-0.3, -0.25) is 9.79 Å². The van der Waals surface area contributed by atoms with Gasteiger partial charge < -0.3 is 9.64 Å². The lowest BCUT2D eigenvalue weighted by Crippen LogP contribution is -2.47. The number of urea groups is 1. The number of hydrogen-bond donors (Lipinski definition) is 0. The molecule has 0 saturated carbocycles. The summed E-state index contributed by atoms with van der Waals surface area (Å²) in [5.74, 6) is 1.37. The Hall–Kier alpha value is -2.90. The molecule has 3 aliphatic rings. The molecule has 9 heteroatoms. The van der Waals surface area contributed by atoms with Crippen LogP contribution in [0, 0.1) is 11.8 Å². The van der Waals surface area contributed by atoms with E-state index >= 15 is 0 Å². The number of nitrogens with zero attached hydrogens (tertiary/aromatic N) is 4. The number of amides is 3. The number of carbonyl (C=O) groups excluding carboxylic acids is 2. The van der Waals surface area contributed by atoms with Gasteiger partial charge in [-0.15, -0.1) is 0 Å². The number of anilines is 1. The molecule has 0 N–H and O–H groups in total. The van der Waals surface area contributed by atoms with E-state index < -0.39 is 5.54 Å². The summed E-state index contributed by atoms with van der Waals surface area (Å²) < 4.78 is 5.95. The molecule has 0 spiro atoms. The molecule has 7 nitrogen and oxygen atoms in total. The van der Waals surface area contributed by atoms with Crippen molar-refractivity contribution in [2.45, 2.75) is 38.1 Å². The average molecular weight is 513 g/mol. The number of aliphatic imine (C=N–C) groups is 1. The van der Waals surface area contributed by atoms with Crippen LogP contribution in [0.15, 0.2) is 53.7 Å². The molecule has 0 bridgehead atoms. The van der Waals surface area contributed by atoms with Crippen LogP contribution in [0.3, 0.4) is 0 Å². The standard InChI is InChI=1S/C26H26Cl2N4O3/c1-17-16-29-10-7-19(17)8-12-35-21-5-3-18(4-6-21)15-26-9-2-11-31(26)25(34)32(24(26)33)20-13-22(27)30-23(28)14-20/h3-7,10,13-14,16-17,19H,2,8-9,11-12,15H2,1H3. The third-order valence-electron chi connectivity index (χ3n) is 7.07. The number of fused-ring (bicyclic) bond motifs is 1. The summed E-state index contributed by atoms with van der Waals surface area (Å²) in [4.78, 5) is 37.8. The van der Waals surface area contributed by atoms with Crippen LogP contribution < -0.4 is 9.64 Å². The van der Waals surface area contributed by atoms with Crippen LogP contribution in [0.1, 0.15) is 31.7 Å². The number of aromatic nitrogens is 1. The first kappa shape index (κ1) is 23.8. The zero-order chi connectivity index (χ0) is 24.6. The minimum Gasteiger partial charge on any atom is -0.494 e. The molecular weight excluding hydrogens is 487 g/mol. The van der Waals surface area contributed by atoms with Crippen molar-refractivity contribution in [2.24, 2.45) is 16.8 Å². The third-order valence-corrected chi connectivity index (χ3v) is 7.46. The molecule has 3 unspecified atom stereocenters. The number of hydrogen-bond acceptors (Lipinski definition) is 5. The highest BCUT2D eigenvalue weighted by molar-refractivity contribution is 6.33. The number of halogens is 2. The largest absolute Gasteiger partial charge is 0.494 e. The summed E-state index contributed by atoms with van der Waals surface area (Å²) >= 11 is 12.1. The Balaban J connectivity index is 1.28. The van der Waals surface area contributed by atoms with Crippen LogP contribution in [0.5, 0.6) is 5.75 Å². The highest BCUT2D eigenvalue weighted by Crippen LogP contribution is 2.42. The Morgan fingerprint density at radius 3 is 2.60 bits per heavy atom. The number of allylic oxidation sites excluding steroid dienone is 1. The molecule has 5 rings (SSSR count). The van der Waals surface area contributed by atoms with Crippen LogP contribution in [0.4, 0.5) is 10.5 Å². The van der Waals surface area contributed by atoms with E-state index in [0.717, 1.165) is 24.2 Å². The summed E-state index contributed by atoms with van der Waals surface area (Å²) in [7, 11) is 0. The summed E-state index contributed by atoms with van der Waals surface area (Å²) in [6.07, 6.45) is 8.68. The van der Waals surface area contributed by atoms with E-state index in [0.29, 0.717) is 43.5 Å². The van der Waals surface area contributed by atoms with E-state index in [2.05, 4.69) is 23.0 Å². The van der Waals surface area contributed by atoms with Gasteiger partial charge in [0.15, 0.2) is 0 Å². The third kappa shape index (κ3) is 4.55. The monoisotopic (exact) mass is 512 g/mol. The fourth-order valence-electron chi connectivity index (χ4n) is 5.21.